The monoisotopic (exact) mass is 265 g/mol. The lowest BCUT2D eigenvalue weighted by molar-refractivity contribution is -0.385. The van der Waals surface area contributed by atoms with Crippen LogP contribution in [0.5, 0.6) is 0 Å². The number of nitro benzene ring substituents is 1. The van der Waals surface area contributed by atoms with Crippen molar-refractivity contribution in [1.82, 2.24) is 0 Å². The lowest BCUT2D eigenvalue weighted by Crippen LogP contribution is -2.45. The second kappa shape index (κ2) is 5.36. The van der Waals surface area contributed by atoms with E-state index in [1.165, 1.54) is 12.1 Å². The van der Waals surface area contributed by atoms with E-state index in [2.05, 4.69) is 5.32 Å². The maximum absolute atomic E-state index is 12.0. The standard InChI is InChI=1S/C13H19N3O3/c1-8-9(6-5-7-10(8)16(18)19)15-12(17)11(14)13(2,3)4/h5-7,11H,14H2,1-4H3,(H,15,17)/t11-/m0/s1. The molecule has 0 aliphatic carbocycles. The Balaban J connectivity index is 2.98. The maximum atomic E-state index is 12.0. The summed E-state index contributed by atoms with van der Waals surface area (Å²) < 4.78 is 0. The minimum absolute atomic E-state index is 0.0258. The molecule has 1 aromatic carbocycles. The molecule has 6 heteroatoms. The van der Waals surface area contributed by atoms with E-state index in [1.54, 1.807) is 13.0 Å². The van der Waals surface area contributed by atoms with Gasteiger partial charge >= 0.3 is 0 Å². The van der Waals surface area contributed by atoms with Crippen molar-refractivity contribution in [2.75, 3.05) is 5.32 Å². The van der Waals surface area contributed by atoms with Crippen molar-refractivity contribution >= 4 is 17.3 Å². The molecule has 0 heterocycles. The van der Waals surface area contributed by atoms with Crippen molar-refractivity contribution in [3.63, 3.8) is 0 Å². The molecule has 0 radical (unpaired) electrons. The first-order valence-electron chi connectivity index (χ1n) is 5.95. The predicted molar refractivity (Wildman–Crippen MR) is 73.9 cm³/mol. The third-order valence-electron chi connectivity index (χ3n) is 2.98. The number of amides is 1. The van der Waals surface area contributed by atoms with Gasteiger partial charge in [0.05, 0.1) is 22.2 Å². The van der Waals surface area contributed by atoms with Gasteiger partial charge in [0.2, 0.25) is 5.91 Å². The number of nitrogens with one attached hydrogen (secondary N) is 1. The smallest absolute Gasteiger partial charge is 0.274 e. The Hall–Kier alpha value is -1.95. The summed E-state index contributed by atoms with van der Waals surface area (Å²) in [6.45, 7) is 7.17. The number of hydrogen-bond donors (Lipinski definition) is 2. The van der Waals surface area contributed by atoms with Gasteiger partial charge in [0.25, 0.3) is 5.69 Å². The fraction of sp³-hybridized carbons (Fsp3) is 0.462. The van der Waals surface area contributed by atoms with Gasteiger partial charge in [-0.05, 0) is 18.4 Å². The van der Waals surface area contributed by atoms with Crippen LogP contribution >= 0.6 is 0 Å². The van der Waals surface area contributed by atoms with E-state index >= 15 is 0 Å². The van der Waals surface area contributed by atoms with Crippen LogP contribution in [0.4, 0.5) is 11.4 Å². The lowest BCUT2D eigenvalue weighted by Gasteiger charge is -2.26. The van der Waals surface area contributed by atoms with Gasteiger partial charge in [-0.2, -0.15) is 0 Å². The summed E-state index contributed by atoms with van der Waals surface area (Å²) in [5.41, 5.74) is 6.28. The number of carbonyl (C=O) groups is 1. The minimum Gasteiger partial charge on any atom is -0.324 e. The van der Waals surface area contributed by atoms with Crippen LogP contribution in [0, 0.1) is 22.5 Å². The predicted octanol–water partition coefficient (Wildman–Crippen LogP) is 2.22. The van der Waals surface area contributed by atoms with Crippen LogP contribution in [0.25, 0.3) is 0 Å². The average molecular weight is 265 g/mol. The summed E-state index contributed by atoms with van der Waals surface area (Å²) in [5, 5.41) is 13.5. The van der Waals surface area contributed by atoms with Gasteiger partial charge in [-0.1, -0.05) is 26.8 Å². The SMILES string of the molecule is Cc1c(NC(=O)[C@H](N)C(C)(C)C)cccc1[N+](=O)[O-]. The van der Waals surface area contributed by atoms with Crippen LogP contribution in [-0.2, 0) is 4.79 Å². The molecular weight excluding hydrogens is 246 g/mol. The fourth-order valence-electron chi connectivity index (χ4n) is 1.56. The second-order valence-corrected chi connectivity index (χ2v) is 5.54. The van der Waals surface area contributed by atoms with Crippen LogP contribution in [0.15, 0.2) is 18.2 Å². The Morgan fingerprint density at radius 2 is 2.00 bits per heavy atom. The topological polar surface area (TPSA) is 98.3 Å². The number of nitro groups is 1. The number of carbonyl (C=O) groups excluding carboxylic acids is 1. The van der Waals surface area contributed by atoms with Gasteiger partial charge in [-0.3, -0.25) is 14.9 Å². The Kier molecular flexibility index (Phi) is 4.26. The Labute approximate surface area is 112 Å². The third-order valence-corrected chi connectivity index (χ3v) is 2.98. The molecule has 0 aliphatic heterocycles. The normalized spacial score (nSPS) is 12.9. The summed E-state index contributed by atoms with van der Waals surface area (Å²) >= 11 is 0. The van der Waals surface area contributed by atoms with Crippen molar-refractivity contribution < 1.29 is 9.72 Å². The van der Waals surface area contributed by atoms with Crippen LogP contribution < -0.4 is 11.1 Å². The molecule has 3 N–H and O–H groups in total. The zero-order valence-corrected chi connectivity index (χ0v) is 11.6. The van der Waals surface area contributed by atoms with Crippen LogP contribution in [0.1, 0.15) is 26.3 Å². The molecule has 0 aromatic heterocycles. The summed E-state index contributed by atoms with van der Waals surface area (Å²) in [5.74, 6) is -0.351. The zero-order chi connectivity index (χ0) is 14.8. The summed E-state index contributed by atoms with van der Waals surface area (Å²) in [6, 6.07) is 3.86. The number of nitrogens with two attached hydrogens (primary N) is 1. The van der Waals surface area contributed by atoms with Crippen molar-refractivity contribution in [1.29, 1.82) is 0 Å². The first kappa shape index (κ1) is 15.1. The molecular formula is C13H19N3O3. The molecule has 0 aliphatic rings. The molecule has 0 spiro atoms. The highest BCUT2D eigenvalue weighted by molar-refractivity contribution is 5.96. The summed E-state index contributed by atoms with van der Waals surface area (Å²) in [4.78, 5) is 22.3. The first-order chi connectivity index (χ1) is 8.64. The summed E-state index contributed by atoms with van der Waals surface area (Å²) in [7, 11) is 0. The van der Waals surface area contributed by atoms with E-state index < -0.39 is 11.0 Å². The third kappa shape index (κ3) is 3.51. The van der Waals surface area contributed by atoms with E-state index in [0.29, 0.717) is 11.3 Å². The van der Waals surface area contributed by atoms with Gasteiger partial charge in [-0.15, -0.1) is 0 Å². The highest BCUT2D eigenvalue weighted by Crippen LogP contribution is 2.26. The van der Waals surface area contributed by atoms with Gasteiger partial charge in [0, 0.05) is 6.07 Å². The number of benzene rings is 1. The Morgan fingerprint density at radius 3 is 2.47 bits per heavy atom. The number of rotatable bonds is 3. The van der Waals surface area contributed by atoms with Crippen LogP contribution in [-0.4, -0.2) is 16.9 Å². The Morgan fingerprint density at radius 1 is 1.42 bits per heavy atom. The molecule has 0 unspecified atom stereocenters. The molecule has 1 atom stereocenters. The van der Waals surface area contributed by atoms with E-state index in [-0.39, 0.29) is 17.0 Å². The molecule has 0 bridgehead atoms. The molecule has 104 valence electrons. The molecule has 1 aromatic rings. The van der Waals surface area contributed by atoms with Gasteiger partial charge in [0.15, 0.2) is 0 Å². The van der Waals surface area contributed by atoms with Gasteiger partial charge in [0.1, 0.15) is 0 Å². The molecule has 1 amide bonds. The van der Waals surface area contributed by atoms with Crippen LogP contribution in [0.2, 0.25) is 0 Å². The van der Waals surface area contributed by atoms with Gasteiger partial charge < -0.3 is 11.1 Å². The fourth-order valence-corrected chi connectivity index (χ4v) is 1.56. The minimum atomic E-state index is -0.689. The van der Waals surface area contributed by atoms with E-state index in [9.17, 15) is 14.9 Å². The summed E-state index contributed by atoms with van der Waals surface area (Å²) in [6.07, 6.45) is 0. The van der Waals surface area contributed by atoms with E-state index in [0.717, 1.165) is 0 Å². The second-order valence-electron chi connectivity index (χ2n) is 5.54. The zero-order valence-electron chi connectivity index (χ0n) is 11.6. The molecule has 0 saturated heterocycles. The number of anilines is 1. The first-order valence-corrected chi connectivity index (χ1v) is 5.95. The van der Waals surface area contributed by atoms with E-state index in [4.69, 9.17) is 5.73 Å². The Bertz CT molecular complexity index is 506. The molecule has 1 rings (SSSR count). The highest BCUT2D eigenvalue weighted by atomic mass is 16.6. The van der Waals surface area contributed by atoms with E-state index in [1.807, 2.05) is 20.8 Å². The maximum Gasteiger partial charge on any atom is 0.274 e. The molecule has 0 saturated carbocycles. The molecule has 19 heavy (non-hydrogen) atoms. The molecule has 0 fully saturated rings. The molecule has 6 nitrogen and oxygen atoms in total. The highest BCUT2D eigenvalue weighted by Gasteiger charge is 2.28. The number of nitrogens with zero attached hydrogens (tertiary/aromatic N) is 1. The lowest BCUT2D eigenvalue weighted by atomic mass is 9.87. The number of hydrogen-bond acceptors (Lipinski definition) is 4. The largest absolute Gasteiger partial charge is 0.324 e. The van der Waals surface area contributed by atoms with Crippen molar-refractivity contribution in [3.05, 3.63) is 33.9 Å². The van der Waals surface area contributed by atoms with Crippen molar-refractivity contribution in [2.24, 2.45) is 11.1 Å². The van der Waals surface area contributed by atoms with Crippen molar-refractivity contribution in [2.45, 2.75) is 33.7 Å². The van der Waals surface area contributed by atoms with Gasteiger partial charge in [-0.25, -0.2) is 0 Å². The average Bonchev–Trinajstić information content (AvgIpc) is 2.29. The van der Waals surface area contributed by atoms with Crippen LogP contribution in [0.3, 0.4) is 0 Å². The van der Waals surface area contributed by atoms with Crippen molar-refractivity contribution in [3.8, 4) is 0 Å². The quantitative estimate of drug-likeness (QED) is 0.646.